The molecule has 32 heavy (non-hydrogen) atoms. The molecule has 2 aromatic carbocycles. The first-order valence-electron chi connectivity index (χ1n) is 9.98. The molecule has 0 fully saturated rings. The molecule has 170 valence electrons. The maximum atomic E-state index is 11.0. The lowest BCUT2D eigenvalue weighted by atomic mass is 9.86. The van der Waals surface area contributed by atoms with Gasteiger partial charge >= 0.3 is 5.97 Å². The lowest BCUT2D eigenvalue weighted by Crippen LogP contribution is -2.37. The monoisotopic (exact) mass is 494 g/mol. The SMILES string of the molecule is Cl.Cl.O=C(O)c1ccc(-c2ccc3c(c2)C[C@@H](NC[C@@H](O)c2cccc(Cl)c2)CC3)nc1. The molecule has 8 heteroatoms. The van der Waals surface area contributed by atoms with E-state index in [1.807, 2.05) is 18.2 Å². The van der Waals surface area contributed by atoms with E-state index in [0.29, 0.717) is 11.6 Å². The second-order valence-electron chi connectivity index (χ2n) is 7.64. The van der Waals surface area contributed by atoms with E-state index in [0.717, 1.165) is 36.1 Å². The predicted molar refractivity (Wildman–Crippen MR) is 131 cm³/mol. The average Bonchev–Trinajstić information content (AvgIpc) is 2.77. The van der Waals surface area contributed by atoms with Crippen molar-refractivity contribution in [2.24, 2.45) is 0 Å². The molecule has 0 radical (unpaired) electrons. The molecule has 0 saturated carbocycles. The molecule has 0 spiro atoms. The van der Waals surface area contributed by atoms with Crippen molar-refractivity contribution in [1.29, 1.82) is 0 Å². The summed E-state index contributed by atoms with van der Waals surface area (Å²) < 4.78 is 0. The Kier molecular flexibility index (Phi) is 9.49. The van der Waals surface area contributed by atoms with Crippen molar-refractivity contribution in [3.05, 3.63) is 88.1 Å². The van der Waals surface area contributed by atoms with Gasteiger partial charge in [0.15, 0.2) is 0 Å². The first kappa shape index (κ1) is 26.1. The number of benzene rings is 2. The summed E-state index contributed by atoms with van der Waals surface area (Å²) in [6.07, 6.45) is 3.65. The Morgan fingerprint density at radius 3 is 2.62 bits per heavy atom. The van der Waals surface area contributed by atoms with E-state index in [1.165, 1.54) is 17.3 Å². The number of aryl methyl sites for hydroxylation is 1. The van der Waals surface area contributed by atoms with Crippen LogP contribution in [0, 0.1) is 0 Å². The number of aliphatic hydroxyl groups excluding tert-OH is 1. The van der Waals surface area contributed by atoms with E-state index in [9.17, 15) is 9.90 Å². The maximum Gasteiger partial charge on any atom is 0.337 e. The third-order valence-electron chi connectivity index (χ3n) is 5.57. The van der Waals surface area contributed by atoms with Crippen LogP contribution in [0.5, 0.6) is 0 Å². The van der Waals surface area contributed by atoms with Crippen LogP contribution in [0.2, 0.25) is 5.02 Å². The number of carboxylic acid groups (broad SMARTS) is 1. The number of aliphatic hydroxyl groups is 1. The molecule has 0 amide bonds. The number of hydrogen-bond acceptors (Lipinski definition) is 4. The number of fused-ring (bicyclic) bond motifs is 1. The van der Waals surface area contributed by atoms with Gasteiger partial charge in [-0.15, -0.1) is 24.8 Å². The van der Waals surface area contributed by atoms with Crippen molar-refractivity contribution in [1.82, 2.24) is 10.3 Å². The van der Waals surface area contributed by atoms with Gasteiger partial charge in [-0.3, -0.25) is 4.98 Å². The normalized spacial score (nSPS) is 15.6. The number of nitrogens with zero attached hydrogens (tertiary/aromatic N) is 1. The Bertz CT molecular complexity index is 1060. The zero-order valence-electron chi connectivity index (χ0n) is 17.2. The van der Waals surface area contributed by atoms with Crippen LogP contribution in [-0.4, -0.2) is 33.8 Å². The maximum absolute atomic E-state index is 11.0. The van der Waals surface area contributed by atoms with Gasteiger partial charge in [0.1, 0.15) is 0 Å². The van der Waals surface area contributed by atoms with Crippen LogP contribution in [0.25, 0.3) is 11.3 Å². The highest BCUT2D eigenvalue weighted by Gasteiger charge is 2.20. The van der Waals surface area contributed by atoms with Crippen molar-refractivity contribution in [2.45, 2.75) is 31.4 Å². The molecule has 3 aromatic rings. The second-order valence-corrected chi connectivity index (χ2v) is 8.08. The zero-order valence-corrected chi connectivity index (χ0v) is 19.6. The Hall–Kier alpha value is -2.15. The van der Waals surface area contributed by atoms with Crippen molar-refractivity contribution in [2.75, 3.05) is 6.54 Å². The van der Waals surface area contributed by atoms with Gasteiger partial charge < -0.3 is 15.5 Å². The van der Waals surface area contributed by atoms with Gasteiger partial charge in [-0.2, -0.15) is 0 Å². The minimum atomic E-state index is -0.978. The number of pyridine rings is 1. The summed E-state index contributed by atoms with van der Waals surface area (Å²) in [6, 6.07) is 17.2. The summed E-state index contributed by atoms with van der Waals surface area (Å²) in [6.45, 7) is 0.470. The van der Waals surface area contributed by atoms with E-state index in [-0.39, 0.29) is 36.4 Å². The number of aromatic carboxylic acids is 1. The third kappa shape index (κ3) is 6.21. The number of carboxylic acids is 1. The largest absolute Gasteiger partial charge is 0.478 e. The fourth-order valence-electron chi connectivity index (χ4n) is 3.89. The quantitative estimate of drug-likeness (QED) is 0.442. The number of carbonyl (C=O) groups is 1. The van der Waals surface area contributed by atoms with Crippen LogP contribution in [0.3, 0.4) is 0 Å². The molecular formula is C24H25Cl3N2O3. The van der Waals surface area contributed by atoms with Crippen molar-refractivity contribution in [3.8, 4) is 11.3 Å². The average molecular weight is 496 g/mol. The van der Waals surface area contributed by atoms with Crippen LogP contribution in [0.1, 0.15) is 39.6 Å². The molecule has 1 aliphatic carbocycles. The van der Waals surface area contributed by atoms with Crippen LogP contribution < -0.4 is 5.32 Å². The van der Waals surface area contributed by atoms with Gasteiger partial charge in [0.25, 0.3) is 0 Å². The minimum absolute atomic E-state index is 0. The molecule has 1 aliphatic rings. The van der Waals surface area contributed by atoms with Crippen molar-refractivity contribution in [3.63, 3.8) is 0 Å². The Morgan fingerprint density at radius 1 is 1.12 bits per heavy atom. The molecule has 1 aromatic heterocycles. The number of nitrogens with one attached hydrogen (secondary N) is 1. The van der Waals surface area contributed by atoms with Crippen LogP contribution in [-0.2, 0) is 12.8 Å². The first-order valence-corrected chi connectivity index (χ1v) is 10.4. The predicted octanol–water partition coefficient (Wildman–Crippen LogP) is 5.12. The summed E-state index contributed by atoms with van der Waals surface area (Å²) in [5, 5.41) is 23.6. The van der Waals surface area contributed by atoms with Crippen LogP contribution in [0.4, 0.5) is 0 Å². The minimum Gasteiger partial charge on any atom is -0.478 e. The molecule has 0 bridgehead atoms. The van der Waals surface area contributed by atoms with E-state index in [4.69, 9.17) is 16.7 Å². The molecule has 0 unspecified atom stereocenters. The van der Waals surface area contributed by atoms with Crippen LogP contribution in [0.15, 0.2) is 60.8 Å². The summed E-state index contributed by atoms with van der Waals surface area (Å²) in [4.78, 5) is 15.3. The van der Waals surface area contributed by atoms with E-state index in [2.05, 4.69) is 22.4 Å². The lowest BCUT2D eigenvalue weighted by Gasteiger charge is -2.27. The highest BCUT2D eigenvalue weighted by molar-refractivity contribution is 6.30. The molecule has 0 aliphatic heterocycles. The summed E-state index contributed by atoms with van der Waals surface area (Å²) in [7, 11) is 0. The summed E-state index contributed by atoms with van der Waals surface area (Å²) in [5.41, 5.74) is 5.31. The molecule has 3 N–H and O–H groups in total. The lowest BCUT2D eigenvalue weighted by molar-refractivity contribution is 0.0696. The highest BCUT2D eigenvalue weighted by Crippen LogP contribution is 2.27. The second kappa shape index (κ2) is 11.6. The topological polar surface area (TPSA) is 82.5 Å². The molecule has 1 heterocycles. The van der Waals surface area contributed by atoms with E-state index in [1.54, 1.807) is 24.3 Å². The number of rotatable bonds is 6. The smallest absolute Gasteiger partial charge is 0.337 e. The molecular weight excluding hydrogens is 471 g/mol. The molecule has 2 atom stereocenters. The molecule has 5 nitrogen and oxygen atoms in total. The van der Waals surface area contributed by atoms with Gasteiger partial charge in [-0.05, 0) is 66.3 Å². The van der Waals surface area contributed by atoms with Gasteiger partial charge in [0, 0.05) is 29.4 Å². The number of aromatic nitrogens is 1. The fourth-order valence-corrected chi connectivity index (χ4v) is 4.09. The molecule has 0 saturated heterocycles. The third-order valence-corrected chi connectivity index (χ3v) is 5.81. The Labute approximate surface area is 204 Å². The van der Waals surface area contributed by atoms with Gasteiger partial charge in [-0.1, -0.05) is 35.9 Å². The molecule has 4 rings (SSSR count). The standard InChI is InChI=1S/C24H23ClN2O3.2ClH/c25-20-3-1-2-17(11-20)23(28)14-26-21-8-6-15-4-5-16(10-19(15)12-21)22-9-7-18(13-27-22)24(29)30;;/h1-5,7,9-11,13,21,23,26,28H,6,8,12,14H2,(H,29,30);2*1H/t21-,23+;;/m0../s1. The van der Waals surface area contributed by atoms with Gasteiger partial charge in [-0.25, -0.2) is 4.79 Å². The van der Waals surface area contributed by atoms with Gasteiger partial charge in [0.2, 0.25) is 0 Å². The number of halogens is 3. The Balaban J connectivity index is 0.00000181. The van der Waals surface area contributed by atoms with Gasteiger partial charge in [0.05, 0.1) is 17.4 Å². The zero-order chi connectivity index (χ0) is 21.1. The fraction of sp³-hybridized carbons (Fsp3) is 0.250. The first-order chi connectivity index (χ1) is 14.5. The summed E-state index contributed by atoms with van der Waals surface area (Å²) >= 11 is 6.02. The van der Waals surface area contributed by atoms with E-state index < -0.39 is 12.1 Å². The van der Waals surface area contributed by atoms with Crippen LogP contribution >= 0.6 is 36.4 Å². The summed E-state index contributed by atoms with van der Waals surface area (Å²) in [5.74, 6) is -0.978. The van der Waals surface area contributed by atoms with E-state index >= 15 is 0 Å². The number of hydrogen-bond donors (Lipinski definition) is 3. The van der Waals surface area contributed by atoms with Crippen molar-refractivity contribution < 1.29 is 15.0 Å². The Morgan fingerprint density at radius 2 is 1.94 bits per heavy atom. The van der Waals surface area contributed by atoms with Crippen molar-refractivity contribution >= 4 is 42.4 Å². The highest BCUT2D eigenvalue weighted by atomic mass is 35.5.